The van der Waals surface area contributed by atoms with Gasteiger partial charge >= 0.3 is 0 Å². The molecule has 0 radical (unpaired) electrons. The van der Waals surface area contributed by atoms with Crippen LogP contribution in [0.4, 0.5) is 0 Å². The third kappa shape index (κ3) is 3.07. The van der Waals surface area contributed by atoms with E-state index in [2.05, 4.69) is 50.2 Å². The highest BCUT2D eigenvalue weighted by Crippen LogP contribution is 2.32. The summed E-state index contributed by atoms with van der Waals surface area (Å²) >= 11 is 6.32. The summed E-state index contributed by atoms with van der Waals surface area (Å²) < 4.78 is 0. The van der Waals surface area contributed by atoms with Crippen LogP contribution in [0.3, 0.4) is 0 Å². The number of pyridine rings is 1. The average Bonchev–Trinajstić information content (AvgIpc) is 3.09. The van der Waals surface area contributed by atoms with Crippen LogP contribution in [0.15, 0.2) is 55.1 Å². The lowest BCUT2D eigenvalue weighted by atomic mass is 9.95. The Morgan fingerprint density at radius 2 is 2.08 bits per heavy atom. The Kier molecular flexibility index (Phi) is 4.32. The molecule has 3 heterocycles. The van der Waals surface area contributed by atoms with Gasteiger partial charge in [-0.05, 0) is 23.6 Å². The Bertz CT molecular complexity index is 815. The Hall–Kier alpha value is -2.17. The topological polar surface area (TPSA) is 44.8 Å². The van der Waals surface area contributed by atoms with E-state index in [0.717, 1.165) is 42.2 Å². The maximum atomic E-state index is 6.32. The molecule has 5 heteroatoms. The first-order chi connectivity index (χ1) is 11.8. The van der Waals surface area contributed by atoms with Crippen molar-refractivity contribution >= 4 is 11.6 Å². The van der Waals surface area contributed by atoms with Gasteiger partial charge in [-0.25, -0.2) is 4.98 Å². The van der Waals surface area contributed by atoms with Crippen molar-refractivity contribution in [3.8, 4) is 0 Å². The van der Waals surface area contributed by atoms with Crippen molar-refractivity contribution in [2.45, 2.75) is 25.4 Å². The van der Waals surface area contributed by atoms with Crippen LogP contribution >= 0.6 is 11.6 Å². The minimum absolute atomic E-state index is 0.256. The van der Waals surface area contributed by atoms with Crippen LogP contribution in [-0.2, 0) is 19.4 Å². The number of aromatic nitrogens is 3. The van der Waals surface area contributed by atoms with Crippen LogP contribution in [-0.4, -0.2) is 26.4 Å². The first-order valence-corrected chi connectivity index (χ1v) is 8.57. The van der Waals surface area contributed by atoms with E-state index in [9.17, 15) is 0 Å². The molecule has 0 aliphatic carbocycles. The van der Waals surface area contributed by atoms with Crippen LogP contribution in [0, 0.1) is 0 Å². The number of aromatic amines is 1. The fraction of sp³-hybridized carbons (Fsp3) is 0.263. The Labute approximate surface area is 146 Å². The van der Waals surface area contributed by atoms with Crippen LogP contribution in [0.5, 0.6) is 0 Å². The highest BCUT2D eigenvalue weighted by molar-refractivity contribution is 6.31. The predicted molar refractivity (Wildman–Crippen MR) is 94.8 cm³/mol. The van der Waals surface area contributed by atoms with Crippen LogP contribution in [0.1, 0.15) is 28.6 Å². The van der Waals surface area contributed by atoms with E-state index >= 15 is 0 Å². The predicted octanol–water partition coefficient (Wildman–Crippen LogP) is 3.80. The summed E-state index contributed by atoms with van der Waals surface area (Å²) in [7, 11) is 0. The van der Waals surface area contributed by atoms with Gasteiger partial charge in [-0.1, -0.05) is 41.9 Å². The first-order valence-electron chi connectivity index (χ1n) is 8.20. The maximum absolute atomic E-state index is 6.32. The molecule has 24 heavy (non-hydrogen) atoms. The molecule has 0 amide bonds. The smallest absolute Gasteiger partial charge is 0.0925 e. The largest absolute Gasteiger partial charge is 0.348 e. The number of benzene rings is 1. The molecule has 0 saturated heterocycles. The number of fused-ring (bicyclic) bond motifs is 1. The van der Waals surface area contributed by atoms with Gasteiger partial charge in [-0.3, -0.25) is 9.88 Å². The molecular weight excluding hydrogens is 320 g/mol. The zero-order valence-electron chi connectivity index (χ0n) is 13.3. The monoisotopic (exact) mass is 338 g/mol. The molecule has 1 aromatic carbocycles. The van der Waals surface area contributed by atoms with Gasteiger partial charge in [0.05, 0.1) is 23.1 Å². The molecule has 1 aliphatic rings. The van der Waals surface area contributed by atoms with Gasteiger partial charge in [0.1, 0.15) is 0 Å². The summed E-state index contributed by atoms with van der Waals surface area (Å²) in [4.78, 5) is 14.5. The third-order valence-corrected chi connectivity index (χ3v) is 5.00. The van der Waals surface area contributed by atoms with E-state index in [-0.39, 0.29) is 6.04 Å². The summed E-state index contributed by atoms with van der Waals surface area (Å²) in [5.74, 6) is 0. The van der Waals surface area contributed by atoms with Crippen LogP contribution in [0.2, 0.25) is 5.02 Å². The number of hydrogen-bond acceptors (Lipinski definition) is 3. The number of imidazole rings is 1. The molecule has 0 fully saturated rings. The number of H-pyrrole nitrogens is 1. The van der Waals surface area contributed by atoms with Crippen molar-refractivity contribution in [3.05, 3.63) is 82.7 Å². The zero-order chi connectivity index (χ0) is 16.4. The van der Waals surface area contributed by atoms with E-state index in [1.165, 1.54) is 11.3 Å². The molecule has 4 rings (SSSR count). The fourth-order valence-electron chi connectivity index (χ4n) is 3.41. The summed E-state index contributed by atoms with van der Waals surface area (Å²) in [6, 6.07) is 12.9. The molecule has 0 saturated carbocycles. The van der Waals surface area contributed by atoms with E-state index in [1.54, 1.807) is 12.4 Å². The third-order valence-electron chi connectivity index (χ3n) is 4.66. The molecule has 1 unspecified atom stereocenters. The summed E-state index contributed by atoms with van der Waals surface area (Å²) in [6.07, 6.45) is 7.26. The Morgan fingerprint density at radius 1 is 1.21 bits per heavy atom. The lowest BCUT2D eigenvalue weighted by molar-refractivity contribution is 0.170. The zero-order valence-corrected chi connectivity index (χ0v) is 14.1. The van der Waals surface area contributed by atoms with E-state index in [0.29, 0.717) is 0 Å². The van der Waals surface area contributed by atoms with E-state index in [1.807, 2.05) is 12.4 Å². The molecule has 0 bridgehead atoms. The van der Waals surface area contributed by atoms with E-state index < -0.39 is 0 Å². The number of rotatable bonds is 4. The molecule has 1 aliphatic heterocycles. The van der Waals surface area contributed by atoms with Gasteiger partial charge in [0, 0.05) is 37.6 Å². The average molecular weight is 339 g/mol. The van der Waals surface area contributed by atoms with Gasteiger partial charge in [-0.15, -0.1) is 0 Å². The number of nitrogens with one attached hydrogen (secondary N) is 1. The molecule has 1 atom stereocenters. The van der Waals surface area contributed by atoms with Crippen molar-refractivity contribution in [2.75, 3.05) is 6.54 Å². The number of halogens is 1. The van der Waals surface area contributed by atoms with Gasteiger partial charge in [0.2, 0.25) is 0 Å². The van der Waals surface area contributed by atoms with E-state index in [4.69, 9.17) is 11.6 Å². The number of nitrogens with zero attached hydrogens (tertiary/aromatic N) is 3. The van der Waals surface area contributed by atoms with Gasteiger partial charge in [0.15, 0.2) is 0 Å². The second-order valence-corrected chi connectivity index (χ2v) is 6.57. The quantitative estimate of drug-likeness (QED) is 0.787. The molecule has 1 N–H and O–H groups in total. The van der Waals surface area contributed by atoms with Gasteiger partial charge < -0.3 is 4.98 Å². The number of hydrogen-bond donors (Lipinski definition) is 1. The SMILES string of the molecule is Clc1cnccc1CN1CCc2[nH]cnc2C1Cc1ccccc1. The van der Waals surface area contributed by atoms with Crippen molar-refractivity contribution in [2.24, 2.45) is 0 Å². The maximum Gasteiger partial charge on any atom is 0.0925 e. The van der Waals surface area contributed by atoms with Crippen molar-refractivity contribution in [3.63, 3.8) is 0 Å². The van der Waals surface area contributed by atoms with Gasteiger partial charge in [-0.2, -0.15) is 0 Å². The fourth-order valence-corrected chi connectivity index (χ4v) is 3.59. The molecular formula is C19H19ClN4. The molecule has 0 spiro atoms. The lowest BCUT2D eigenvalue weighted by Gasteiger charge is -2.35. The standard InChI is InChI=1S/C19H19ClN4/c20-16-11-21-8-6-15(16)12-24-9-7-17-19(23-13-22-17)18(24)10-14-4-2-1-3-5-14/h1-6,8,11,13,18H,7,9-10,12H2,(H,22,23). The second kappa shape index (κ2) is 6.75. The highest BCUT2D eigenvalue weighted by Gasteiger charge is 2.30. The van der Waals surface area contributed by atoms with Crippen LogP contribution in [0.25, 0.3) is 0 Å². The molecule has 3 aromatic rings. The van der Waals surface area contributed by atoms with Crippen molar-refractivity contribution in [1.29, 1.82) is 0 Å². The van der Waals surface area contributed by atoms with Crippen LogP contribution < -0.4 is 0 Å². The molecule has 122 valence electrons. The van der Waals surface area contributed by atoms with Crippen molar-refractivity contribution in [1.82, 2.24) is 19.9 Å². The summed E-state index contributed by atoms with van der Waals surface area (Å²) in [5.41, 5.74) is 4.86. The summed E-state index contributed by atoms with van der Waals surface area (Å²) in [6.45, 7) is 1.80. The lowest BCUT2D eigenvalue weighted by Crippen LogP contribution is -2.36. The molecule has 4 nitrogen and oxygen atoms in total. The highest BCUT2D eigenvalue weighted by atomic mass is 35.5. The minimum atomic E-state index is 0.256. The Morgan fingerprint density at radius 3 is 2.92 bits per heavy atom. The van der Waals surface area contributed by atoms with Crippen molar-refractivity contribution < 1.29 is 0 Å². The van der Waals surface area contributed by atoms with Gasteiger partial charge in [0.25, 0.3) is 0 Å². The minimum Gasteiger partial charge on any atom is -0.348 e. The second-order valence-electron chi connectivity index (χ2n) is 6.16. The molecule has 2 aromatic heterocycles. The normalized spacial score (nSPS) is 17.6. The Balaban J connectivity index is 1.64. The first kappa shape index (κ1) is 15.4. The summed E-state index contributed by atoms with van der Waals surface area (Å²) in [5, 5.41) is 0.726.